The van der Waals surface area contributed by atoms with Gasteiger partial charge in [0.15, 0.2) is 0 Å². The van der Waals surface area contributed by atoms with Crippen molar-refractivity contribution in [1.82, 2.24) is 4.90 Å². The number of primary amides is 1. The number of nitrogens with two attached hydrogens (primary N) is 1. The molecule has 0 aromatic carbocycles. The van der Waals surface area contributed by atoms with Crippen molar-refractivity contribution in [3.63, 3.8) is 0 Å². The molecule has 0 spiro atoms. The van der Waals surface area contributed by atoms with E-state index in [4.69, 9.17) is 10.8 Å². The maximum atomic E-state index is 11.9. The van der Waals surface area contributed by atoms with E-state index in [1.807, 2.05) is 0 Å². The Bertz CT molecular complexity index is 348. The summed E-state index contributed by atoms with van der Waals surface area (Å²) in [7, 11) is 0. The van der Waals surface area contributed by atoms with Gasteiger partial charge < -0.3 is 15.7 Å². The predicted molar refractivity (Wildman–Crippen MR) is 68.1 cm³/mol. The fourth-order valence-corrected chi connectivity index (χ4v) is 2.51. The molecule has 0 radical (unpaired) electrons. The lowest BCUT2D eigenvalue weighted by molar-refractivity contribution is -0.136. The van der Waals surface area contributed by atoms with Gasteiger partial charge in [-0.05, 0) is 19.8 Å². The van der Waals surface area contributed by atoms with Crippen LogP contribution in [0.25, 0.3) is 0 Å². The van der Waals surface area contributed by atoms with Crippen molar-refractivity contribution in [2.24, 2.45) is 11.7 Å². The number of piperidine rings is 1. The number of nitrogens with zero attached hydrogens (tertiary/aromatic N) is 1. The minimum Gasteiger partial charge on any atom is -0.480 e. The van der Waals surface area contributed by atoms with E-state index in [1.54, 1.807) is 11.8 Å². The molecule has 2 amide bonds. The first-order valence-corrected chi connectivity index (χ1v) is 6.88. The number of likely N-dealkylation sites (tertiary alicyclic amines) is 1. The second kappa shape index (κ2) is 6.63. The Hall–Kier alpha value is -1.24. The Morgan fingerprint density at radius 3 is 2.72 bits per heavy atom. The van der Waals surface area contributed by atoms with Crippen molar-refractivity contribution in [2.45, 2.75) is 25.0 Å². The van der Waals surface area contributed by atoms with E-state index in [-0.39, 0.29) is 23.5 Å². The highest BCUT2D eigenvalue weighted by atomic mass is 32.2. The molecule has 0 aromatic rings. The van der Waals surface area contributed by atoms with Crippen LogP contribution in [0, 0.1) is 5.92 Å². The van der Waals surface area contributed by atoms with Crippen LogP contribution < -0.4 is 5.73 Å². The first kappa shape index (κ1) is 14.8. The molecule has 1 saturated heterocycles. The molecule has 18 heavy (non-hydrogen) atoms. The van der Waals surface area contributed by atoms with E-state index in [0.29, 0.717) is 13.1 Å². The monoisotopic (exact) mass is 274 g/mol. The standard InChI is InChI=1S/C11H18N2O4S/c1-7(11(16)17)18-6-9(14)13-4-2-3-8(5-13)10(12)15/h7-8H,2-6H2,1H3,(H2,12,15)(H,16,17). The molecule has 1 aliphatic rings. The first-order chi connectivity index (χ1) is 8.41. The molecule has 7 heteroatoms. The molecular formula is C11H18N2O4S. The minimum atomic E-state index is -0.929. The van der Waals surface area contributed by atoms with E-state index in [1.165, 1.54) is 0 Å². The number of thioether (sulfide) groups is 1. The highest BCUT2D eigenvalue weighted by Gasteiger charge is 2.27. The number of aliphatic carboxylic acids is 1. The quantitative estimate of drug-likeness (QED) is 0.730. The fraction of sp³-hybridized carbons (Fsp3) is 0.727. The van der Waals surface area contributed by atoms with E-state index in [0.717, 1.165) is 24.6 Å². The van der Waals surface area contributed by atoms with Gasteiger partial charge in [0.25, 0.3) is 0 Å². The highest BCUT2D eigenvalue weighted by Crippen LogP contribution is 2.18. The lowest BCUT2D eigenvalue weighted by atomic mass is 9.97. The molecule has 0 aliphatic carbocycles. The van der Waals surface area contributed by atoms with Crippen LogP contribution in [0.5, 0.6) is 0 Å². The van der Waals surface area contributed by atoms with Gasteiger partial charge in [-0.15, -0.1) is 11.8 Å². The smallest absolute Gasteiger partial charge is 0.316 e. The zero-order valence-electron chi connectivity index (χ0n) is 10.3. The van der Waals surface area contributed by atoms with Gasteiger partial charge in [0.1, 0.15) is 0 Å². The van der Waals surface area contributed by atoms with Crippen LogP contribution in [0.15, 0.2) is 0 Å². The lowest BCUT2D eigenvalue weighted by Crippen LogP contribution is -2.45. The number of carboxylic acid groups (broad SMARTS) is 1. The lowest BCUT2D eigenvalue weighted by Gasteiger charge is -2.31. The summed E-state index contributed by atoms with van der Waals surface area (Å²) in [5.41, 5.74) is 5.23. The Morgan fingerprint density at radius 2 is 2.17 bits per heavy atom. The molecule has 1 heterocycles. The second-order valence-electron chi connectivity index (χ2n) is 4.37. The molecule has 0 aromatic heterocycles. The summed E-state index contributed by atoms with van der Waals surface area (Å²) < 4.78 is 0. The van der Waals surface area contributed by atoms with Gasteiger partial charge in [-0.25, -0.2) is 0 Å². The molecule has 2 atom stereocenters. The summed E-state index contributed by atoms with van der Waals surface area (Å²) in [5.74, 6) is -1.58. The van der Waals surface area contributed by atoms with E-state index < -0.39 is 11.2 Å². The second-order valence-corrected chi connectivity index (χ2v) is 5.70. The van der Waals surface area contributed by atoms with Crippen LogP contribution in [0.2, 0.25) is 0 Å². The van der Waals surface area contributed by atoms with Gasteiger partial charge in [0.2, 0.25) is 11.8 Å². The van der Waals surface area contributed by atoms with Crippen molar-refractivity contribution in [3.05, 3.63) is 0 Å². The number of carbonyl (C=O) groups excluding carboxylic acids is 2. The number of hydrogen-bond donors (Lipinski definition) is 2. The first-order valence-electron chi connectivity index (χ1n) is 5.83. The topological polar surface area (TPSA) is 101 Å². The molecule has 1 aliphatic heterocycles. The largest absolute Gasteiger partial charge is 0.480 e. The zero-order valence-corrected chi connectivity index (χ0v) is 11.1. The van der Waals surface area contributed by atoms with Gasteiger partial charge in [-0.3, -0.25) is 14.4 Å². The van der Waals surface area contributed by atoms with Crippen LogP contribution in [-0.2, 0) is 14.4 Å². The number of amides is 2. The predicted octanol–water partition coefficient (Wildman–Crippen LogP) is -0.0834. The normalized spacial score (nSPS) is 21.4. The third kappa shape index (κ3) is 4.21. The van der Waals surface area contributed by atoms with Gasteiger partial charge in [0.05, 0.1) is 16.9 Å². The highest BCUT2D eigenvalue weighted by molar-refractivity contribution is 8.01. The van der Waals surface area contributed by atoms with Gasteiger partial charge in [-0.2, -0.15) is 0 Å². The van der Waals surface area contributed by atoms with Crippen LogP contribution in [0.1, 0.15) is 19.8 Å². The maximum absolute atomic E-state index is 11.9. The van der Waals surface area contributed by atoms with Gasteiger partial charge in [-0.1, -0.05) is 0 Å². The van der Waals surface area contributed by atoms with Gasteiger partial charge >= 0.3 is 5.97 Å². The number of hydrogen-bond acceptors (Lipinski definition) is 4. The molecule has 0 saturated carbocycles. The summed E-state index contributed by atoms with van der Waals surface area (Å²) in [6.45, 7) is 2.52. The third-order valence-electron chi connectivity index (χ3n) is 2.98. The number of carboxylic acids is 1. The van der Waals surface area contributed by atoms with E-state index >= 15 is 0 Å². The molecule has 1 fully saturated rings. The molecule has 2 unspecified atom stereocenters. The number of carbonyl (C=O) groups is 3. The Morgan fingerprint density at radius 1 is 1.50 bits per heavy atom. The van der Waals surface area contributed by atoms with Crippen molar-refractivity contribution in [2.75, 3.05) is 18.8 Å². The van der Waals surface area contributed by atoms with E-state index in [2.05, 4.69) is 0 Å². The summed E-state index contributed by atoms with van der Waals surface area (Å²) in [4.78, 5) is 35.2. The Balaban J connectivity index is 2.42. The van der Waals surface area contributed by atoms with Crippen molar-refractivity contribution < 1.29 is 19.5 Å². The van der Waals surface area contributed by atoms with Gasteiger partial charge in [0, 0.05) is 13.1 Å². The molecular weight excluding hydrogens is 256 g/mol. The minimum absolute atomic E-state index is 0.124. The zero-order chi connectivity index (χ0) is 13.7. The van der Waals surface area contributed by atoms with Crippen LogP contribution in [-0.4, -0.2) is 51.9 Å². The van der Waals surface area contributed by atoms with Crippen molar-refractivity contribution >= 4 is 29.5 Å². The average Bonchev–Trinajstić information content (AvgIpc) is 2.35. The SMILES string of the molecule is CC(SCC(=O)N1CCCC(C(N)=O)C1)C(=O)O. The Labute approximate surface area is 110 Å². The molecule has 6 nitrogen and oxygen atoms in total. The van der Waals surface area contributed by atoms with Crippen LogP contribution in [0.3, 0.4) is 0 Å². The Kier molecular flexibility index (Phi) is 5.46. The van der Waals surface area contributed by atoms with Crippen LogP contribution in [0.4, 0.5) is 0 Å². The van der Waals surface area contributed by atoms with Crippen molar-refractivity contribution in [1.29, 1.82) is 0 Å². The van der Waals surface area contributed by atoms with Crippen molar-refractivity contribution in [3.8, 4) is 0 Å². The number of rotatable bonds is 5. The fourth-order valence-electron chi connectivity index (χ4n) is 1.79. The molecule has 1 rings (SSSR count). The average molecular weight is 274 g/mol. The van der Waals surface area contributed by atoms with Crippen LogP contribution >= 0.6 is 11.8 Å². The third-order valence-corrected chi connectivity index (χ3v) is 4.10. The summed E-state index contributed by atoms with van der Waals surface area (Å²) in [6, 6.07) is 0. The molecule has 102 valence electrons. The van der Waals surface area contributed by atoms with E-state index in [9.17, 15) is 14.4 Å². The summed E-state index contributed by atoms with van der Waals surface area (Å²) in [5, 5.41) is 8.11. The summed E-state index contributed by atoms with van der Waals surface area (Å²) >= 11 is 1.09. The molecule has 3 N–H and O–H groups in total. The summed E-state index contributed by atoms with van der Waals surface area (Å²) in [6.07, 6.45) is 1.48. The maximum Gasteiger partial charge on any atom is 0.316 e. The molecule has 0 bridgehead atoms.